The first-order valence-corrected chi connectivity index (χ1v) is 5.35. The van der Waals surface area contributed by atoms with Crippen molar-refractivity contribution in [2.75, 3.05) is 25.5 Å². The number of carbonyl (C=O) groups is 1. The number of nitrogens with zero attached hydrogens (tertiary/aromatic N) is 1. The molecular formula is C12H13N3O4. The van der Waals surface area contributed by atoms with Crippen LogP contribution >= 0.6 is 0 Å². The molecule has 0 bridgehead atoms. The smallest absolute Gasteiger partial charge is 0.312 e. The highest BCUT2D eigenvalue weighted by Crippen LogP contribution is 2.29. The Balaban J connectivity index is 2.74. The lowest BCUT2D eigenvalue weighted by molar-refractivity contribution is -0.385. The van der Waals surface area contributed by atoms with Crippen LogP contribution in [0.25, 0.3) is 0 Å². The standard InChI is InChI=1S/C12H13N3O4/c1-3-6-13-8-12(16)14-9-4-5-11(19-2)10(7-9)15(17)18/h1,4-5,7,13H,6,8H2,2H3,(H,14,16). The Morgan fingerprint density at radius 2 is 2.32 bits per heavy atom. The average molecular weight is 263 g/mol. The Bertz CT molecular complexity index is 522. The van der Waals surface area contributed by atoms with Crippen molar-refractivity contribution in [1.82, 2.24) is 5.32 Å². The number of carbonyl (C=O) groups excluding carboxylic acids is 1. The first-order chi connectivity index (χ1) is 9.08. The molecule has 0 radical (unpaired) electrons. The van der Waals surface area contributed by atoms with Crippen LogP contribution in [0, 0.1) is 22.5 Å². The van der Waals surface area contributed by atoms with Crippen LogP contribution in [0.3, 0.4) is 0 Å². The number of benzene rings is 1. The van der Waals surface area contributed by atoms with E-state index in [0.29, 0.717) is 5.69 Å². The molecule has 1 aromatic carbocycles. The van der Waals surface area contributed by atoms with Gasteiger partial charge in [-0.3, -0.25) is 20.2 Å². The van der Waals surface area contributed by atoms with E-state index in [1.54, 1.807) is 0 Å². The second kappa shape index (κ2) is 6.98. The van der Waals surface area contributed by atoms with Gasteiger partial charge in [-0.2, -0.15) is 0 Å². The molecule has 0 aliphatic heterocycles. The summed E-state index contributed by atoms with van der Waals surface area (Å²) in [7, 11) is 1.34. The van der Waals surface area contributed by atoms with Crippen LogP contribution in [0.15, 0.2) is 18.2 Å². The van der Waals surface area contributed by atoms with Crippen LogP contribution in [0.2, 0.25) is 0 Å². The Hall–Kier alpha value is -2.59. The van der Waals surface area contributed by atoms with E-state index in [-0.39, 0.29) is 30.4 Å². The number of rotatable bonds is 6. The predicted octanol–water partition coefficient (Wildman–Crippen LogP) is 0.765. The van der Waals surface area contributed by atoms with Gasteiger partial charge in [-0.05, 0) is 12.1 Å². The van der Waals surface area contributed by atoms with E-state index in [4.69, 9.17) is 11.2 Å². The van der Waals surface area contributed by atoms with E-state index in [1.807, 2.05) is 0 Å². The number of ether oxygens (including phenoxy) is 1. The second-order valence-corrected chi connectivity index (χ2v) is 3.50. The lowest BCUT2D eigenvalue weighted by Gasteiger charge is -2.07. The third kappa shape index (κ3) is 4.29. The molecule has 100 valence electrons. The van der Waals surface area contributed by atoms with Crippen LogP contribution in [-0.4, -0.2) is 31.0 Å². The van der Waals surface area contributed by atoms with Gasteiger partial charge >= 0.3 is 5.69 Å². The summed E-state index contributed by atoms with van der Waals surface area (Å²) < 4.78 is 4.86. The summed E-state index contributed by atoms with van der Waals surface area (Å²) in [5, 5.41) is 16.0. The largest absolute Gasteiger partial charge is 0.490 e. The number of hydrogen-bond acceptors (Lipinski definition) is 5. The maximum absolute atomic E-state index is 11.5. The van der Waals surface area contributed by atoms with Gasteiger partial charge in [-0.25, -0.2) is 0 Å². The van der Waals surface area contributed by atoms with Crippen molar-refractivity contribution in [3.05, 3.63) is 28.3 Å². The fourth-order valence-electron chi connectivity index (χ4n) is 1.36. The molecule has 0 atom stereocenters. The van der Waals surface area contributed by atoms with Crippen LogP contribution in [0.4, 0.5) is 11.4 Å². The van der Waals surface area contributed by atoms with E-state index in [1.165, 1.54) is 25.3 Å². The van der Waals surface area contributed by atoms with E-state index >= 15 is 0 Å². The van der Waals surface area contributed by atoms with Gasteiger partial charge in [-0.15, -0.1) is 6.42 Å². The van der Waals surface area contributed by atoms with E-state index in [9.17, 15) is 14.9 Å². The number of nitrogens with one attached hydrogen (secondary N) is 2. The molecule has 0 aliphatic rings. The molecule has 0 saturated carbocycles. The van der Waals surface area contributed by atoms with Gasteiger partial charge in [0, 0.05) is 11.8 Å². The number of amides is 1. The van der Waals surface area contributed by atoms with Crippen LogP contribution < -0.4 is 15.4 Å². The number of anilines is 1. The first-order valence-electron chi connectivity index (χ1n) is 5.35. The van der Waals surface area contributed by atoms with Gasteiger partial charge in [0.2, 0.25) is 5.91 Å². The molecule has 7 heteroatoms. The molecule has 19 heavy (non-hydrogen) atoms. The fourth-order valence-corrected chi connectivity index (χ4v) is 1.36. The van der Waals surface area contributed by atoms with Crippen molar-refractivity contribution in [3.8, 4) is 18.1 Å². The van der Waals surface area contributed by atoms with Crippen molar-refractivity contribution in [2.24, 2.45) is 0 Å². The van der Waals surface area contributed by atoms with Crippen molar-refractivity contribution in [2.45, 2.75) is 0 Å². The number of nitro benzene ring substituents is 1. The normalized spacial score (nSPS) is 9.47. The highest BCUT2D eigenvalue weighted by atomic mass is 16.6. The van der Waals surface area contributed by atoms with Gasteiger partial charge in [0.05, 0.1) is 25.1 Å². The molecule has 7 nitrogen and oxygen atoms in total. The lowest BCUT2D eigenvalue weighted by atomic mass is 10.2. The Morgan fingerprint density at radius 1 is 1.58 bits per heavy atom. The fraction of sp³-hybridized carbons (Fsp3) is 0.250. The summed E-state index contributed by atoms with van der Waals surface area (Å²) in [6, 6.07) is 4.17. The van der Waals surface area contributed by atoms with Crippen molar-refractivity contribution < 1.29 is 14.5 Å². The number of nitro groups is 1. The Kier molecular flexibility index (Phi) is 5.32. The molecule has 1 amide bonds. The first kappa shape index (κ1) is 14.5. The molecule has 0 fully saturated rings. The maximum Gasteiger partial charge on any atom is 0.312 e. The zero-order valence-electron chi connectivity index (χ0n) is 10.3. The topological polar surface area (TPSA) is 93.5 Å². The van der Waals surface area contributed by atoms with Gasteiger partial charge < -0.3 is 10.1 Å². The zero-order valence-corrected chi connectivity index (χ0v) is 10.3. The summed E-state index contributed by atoms with van der Waals surface area (Å²) in [6.07, 6.45) is 5.02. The molecule has 0 aromatic heterocycles. The highest BCUT2D eigenvalue weighted by Gasteiger charge is 2.15. The number of methoxy groups -OCH3 is 1. The molecule has 2 N–H and O–H groups in total. The van der Waals surface area contributed by atoms with Crippen LogP contribution in [0.5, 0.6) is 5.75 Å². The number of hydrogen-bond donors (Lipinski definition) is 2. The van der Waals surface area contributed by atoms with Gasteiger partial charge in [0.25, 0.3) is 0 Å². The van der Waals surface area contributed by atoms with Crippen molar-refractivity contribution >= 4 is 17.3 Å². The predicted molar refractivity (Wildman–Crippen MR) is 70.0 cm³/mol. The monoisotopic (exact) mass is 263 g/mol. The minimum absolute atomic E-state index is 0.0318. The Labute approximate surface area is 110 Å². The second-order valence-electron chi connectivity index (χ2n) is 3.50. The molecule has 1 rings (SSSR count). The summed E-state index contributed by atoms with van der Waals surface area (Å²) in [4.78, 5) is 21.7. The quantitative estimate of drug-likeness (QED) is 0.342. The molecule has 0 unspecified atom stereocenters. The third-order valence-electron chi connectivity index (χ3n) is 2.17. The van der Waals surface area contributed by atoms with Crippen LogP contribution in [-0.2, 0) is 4.79 Å². The minimum atomic E-state index is -0.578. The zero-order chi connectivity index (χ0) is 14.3. The summed E-state index contributed by atoms with van der Waals surface area (Å²) in [5.41, 5.74) is 0.108. The molecule has 0 heterocycles. The van der Waals surface area contributed by atoms with Crippen molar-refractivity contribution in [1.29, 1.82) is 0 Å². The van der Waals surface area contributed by atoms with E-state index in [2.05, 4.69) is 16.6 Å². The molecule has 0 spiro atoms. The molecule has 0 aliphatic carbocycles. The van der Waals surface area contributed by atoms with Gasteiger partial charge in [0.15, 0.2) is 5.75 Å². The average Bonchev–Trinajstić information content (AvgIpc) is 2.39. The third-order valence-corrected chi connectivity index (χ3v) is 2.17. The van der Waals surface area contributed by atoms with Gasteiger partial charge in [-0.1, -0.05) is 5.92 Å². The lowest BCUT2D eigenvalue weighted by Crippen LogP contribution is -2.28. The Morgan fingerprint density at radius 3 is 2.89 bits per heavy atom. The summed E-state index contributed by atoms with van der Waals surface area (Å²) >= 11 is 0. The summed E-state index contributed by atoms with van der Waals surface area (Å²) in [6.45, 7) is 0.306. The molecule has 1 aromatic rings. The van der Waals surface area contributed by atoms with Gasteiger partial charge in [0.1, 0.15) is 0 Å². The number of terminal acetylenes is 1. The summed E-state index contributed by atoms with van der Waals surface area (Å²) in [5.74, 6) is 2.12. The molecular weight excluding hydrogens is 250 g/mol. The van der Waals surface area contributed by atoms with E-state index < -0.39 is 4.92 Å². The molecule has 0 saturated heterocycles. The minimum Gasteiger partial charge on any atom is -0.490 e. The van der Waals surface area contributed by atoms with Crippen LogP contribution in [0.1, 0.15) is 0 Å². The SMILES string of the molecule is C#CCNCC(=O)Nc1ccc(OC)c([N+](=O)[O-])c1. The highest BCUT2D eigenvalue weighted by molar-refractivity contribution is 5.92. The van der Waals surface area contributed by atoms with E-state index in [0.717, 1.165) is 0 Å². The maximum atomic E-state index is 11.5. The van der Waals surface area contributed by atoms with Crippen molar-refractivity contribution in [3.63, 3.8) is 0 Å².